The number of carbonyl (C=O) groups is 1. The summed E-state index contributed by atoms with van der Waals surface area (Å²) < 4.78 is 39.8. The lowest BCUT2D eigenvalue weighted by Gasteiger charge is -2.27. The van der Waals surface area contributed by atoms with Gasteiger partial charge < -0.3 is 25.1 Å². The van der Waals surface area contributed by atoms with Gasteiger partial charge in [-0.1, -0.05) is 29.3 Å². The minimum atomic E-state index is -0.995. The van der Waals surface area contributed by atoms with Gasteiger partial charge in [-0.25, -0.2) is 13.8 Å². The number of anilines is 1. The number of hydrogen-bond donors (Lipinski definition) is 2. The van der Waals surface area contributed by atoms with E-state index in [1.54, 1.807) is 23.2 Å². The molecule has 3 N–H and O–H groups in total. The second-order valence-electron chi connectivity index (χ2n) is 8.48. The Labute approximate surface area is 220 Å². The maximum Gasteiger partial charge on any atom is 0.272 e. The lowest BCUT2D eigenvalue weighted by molar-refractivity contribution is 0.0730. The highest BCUT2D eigenvalue weighted by Gasteiger charge is 2.25. The minimum Gasteiger partial charge on any atom is -0.478 e. The summed E-state index contributed by atoms with van der Waals surface area (Å²) in [6.45, 7) is 4.27. The molecule has 0 spiro atoms. The Balaban J connectivity index is 1.45. The van der Waals surface area contributed by atoms with Crippen molar-refractivity contribution in [2.24, 2.45) is 0 Å². The fourth-order valence-electron chi connectivity index (χ4n) is 4.21. The molecule has 0 unspecified atom stereocenters. The molecule has 1 aromatic carbocycles. The van der Waals surface area contributed by atoms with Crippen molar-refractivity contribution in [1.29, 1.82) is 0 Å². The molecule has 8 nitrogen and oxygen atoms in total. The van der Waals surface area contributed by atoms with Crippen LogP contribution in [0.4, 0.5) is 14.6 Å². The molecule has 12 heteroatoms. The molecule has 3 aromatic heterocycles. The number of carbonyl (C=O) groups excluding carboxylic acids is 1. The van der Waals surface area contributed by atoms with E-state index in [-0.39, 0.29) is 38.7 Å². The number of amides is 1. The van der Waals surface area contributed by atoms with Gasteiger partial charge in [0.15, 0.2) is 11.4 Å². The van der Waals surface area contributed by atoms with Crippen LogP contribution in [-0.2, 0) is 0 Å². The van der Waals surface area contributed by atoms with E-state index in [0.29, 0.717) is 41.4 Å². The number of fused-ring (bicyclic) bond motifs is 1. The summed E-state index contributed by atoms with van der Waals surface area (Å²) >= 11 is 12.1. The summed E-state index contributed by atoms with van der Waals surface area (Å²) in [6.07, 6.45) is 3.59. The molecule has 192 valence electrons. The Hall–Kier alpha value is -3.47. The van der Waals surface area contributed by atoms with Crippen LogP contribution in [0, 0.1) is 11.6 Å². The molecule has 0 saturated carbocycles. The summed E-state index contributed by atoms with van der Waals surface area (Å²) in [7, 11) is 0. The van der Waals surface area contributed by atoms with E-state index < -0.39 is 17.7 Å². The summed E-state index contributed by atoms with van der Waals surface area (Å²) in [4.78, 5) is 23.0. The van der Waals surface area contributed by atoms with Crippen LogP contribution in [0.3, 0.4) is 0 Å². The lowest BCUT2D eigenvalue weighted by Crippen LogP contribution is -2.46. The zero-order valence-electron chi connectivity index (χ0n) is 19.5. The first-order valence-corrected chi connectivity index (χ1v) is 12.1. The van der Waals surface area contributed by atoms with Gasteiger partial charge in [0.05, 0.1) is 21.7 Å². The SMILES string of the molecule is C[C@@H](Oc1c(N)ncc2c(-c3ccc(C(=O)N4CCNCC4)nc3)coc12)c1c(Cl)c(F)cc(F)c1Cl. The van der Waals surface area contributed by atoms with Crippen molar-refractivity contribution in [3.05, 3.63) is 69.8 Å². The van der Waals surface area contributed by atoms with E-state index in [4.69, 9.17) is 38.1 Å². The number of pyridine rings is 2. The molecule has 4 aromatic rings. The fourth-order valence-corrected chi connectivity index (χ4v) is 4.87. The van der Waals surface area contributed by atoms with E-state index >= 15 is 0 Å². The normalized spacial score (nSPS) is 14.7. The van der Waals surface area contributed by atoms with Gasteiger partial charge in [-0.2, -0.15) is 0 Å². The number of hydrogen-bond acceptors (Lipinski definition) is 7. The molecule has 1 saturated heterocycles. The van der Waals surface area contributed by atoms with Crippen LogP contribution in [0.1, 0.15) is 29.1 Å². The number of piperazine rings is 1. The third-order valence-electron chi connectivity index (χ3n) is 6.15. The van der Waals surface area contributed by atoms with Gasteiger partial charge in [-0.15, -0.1) is 0 Å². The van der Waals surface area contributed by atoms with Crippen molar-refractivity contribution in [2.45, 2.75) is 13.0 Å². The maximum atomic E-state index is 14.1. The fraction of sp³-hybridized carbons (Fsp3) is 0.240. The molecular formula is C25H21Cl2F2N5O3. The number of furan rings is 1. The Kier molecular flexibility index (Phi) is 6.89. The molecule has 1 amide bonds. The molecule has 4 heterocycles. The molecule has 1 fully saturated rings. The summed E-state index contributed by atoms with van der Waals surface area (Å²) in [5.41, 5.74) is 7.91. The van der Waals surface area contributed by atoms with Crippen molar-refractivity contribution in [2.75, 3.05) is 31.9 Å². The predicted octanol–water partition coefficient (Wildman–Crippen LogP) is 5.24. The van der Waals surface area contributed by atoms with Crippen molar-refractivity contribution >= 4 is 45.9 Å². The van der Waals surface area contributed by atoms with Gasteiger partial charge in [0, 0.05) is 61.3 Å². The quantitative estimate of drug-likeness (QED) is 0.329. The molecule has 0 radical (unpaired) electrons. The van der Waals surface area contributed by atoms with Gasteiger partial charge in [-0.3, -0.25) is 9.78 Å². The van der Waals surface area contributed by atoms with Crippen LogP contribution in [0.5, 0.6) is 5.75 Å². The number of rotatable bonds is 5. The first-order chi connectivity index (χ1) is 17.8. The largest absolute Gasteiger partial charge is 0.478 e. The maximum absolute atomic E-state index is 14.1. The number of nitrogens with zero attached hydrogens (tertiary/aromatic N) is 3. The van der Waals surface area contributed by atoms with E-state index in [0.717, 1.165) is 13.1 Å². The lowest BCUT2D eigenvalue weighted by atomic mass is 10.1. The molecule has 1 aliphatic heterocycles. The van der Waals surface area contributed by atoms with Crippen LogP contribution in [0.25, 0.3) is 22.1 Å². The summed E-state index contributed by atoms with van der Waals surface area (Å²) in [6, 6.07) is 4.03. The molecule has 37 heavy (non-hydrogen) atoms. The number of nitrogens with one attached hydrogen (secondary N) is 1. The third kappa shape index (κ3) is 4.68. The van der Waals surface area contributed by atoms with E-state index in [1.807, 2.05) is 0 Å². The number of nitrogen functional groups attached to an aromatic ring is 1. The number of benzene rings is 1. The zero-order valence-corrected chi connectivity index (χ0v) is 21.0. The van der Waals surface area contributed by atoms with Crippen molar-refractivity contribution in [3.8, 4) is 16.9 Å². The molecular weight excluding hydrogens is 527 g/mol. The van der Waals surface area contributed by atoms with Gasteiger partial charge in [-0.05, 0) is 13.0 Å². The first-order valence-electron chi connectivity index (χ1n) is 11.4. The van der Waals surface area contributed by atoms with Crippen LogP contribution in [0.2, 0.25) is 10.0 Å². The van der Waals surface area contributed by atoms with Gasteiger partial charge in [0.1, 0.15) is 23.4 Å². The molecule has 5 rings (SSSR count). The highest BCUT2D eigenvalue weighted by molar-refractivity contribution is 6.36. The summed E-state index contributed by atoms with van der Waals surface area (Å²) in [5, 5.41) is 3.04. The first kappa shape index (κ1) is 25.2. The van der Waals surface area contributed by atoms with Crippen molar-refractivity contribution in [1.82, 2.24) is 20.2 Å². The van der Waals surface area contributed by atoms with Crippen molar-refractivity contribution in [3.63, 3.8) is 0 Å². The minimum absolute atomic E-state index is 0.000499. The van der Waals surface area contributed by atoms with Crippen molar-refractivity contribution < 1.29 is 22.7 Å². The van der Waals surface area contributed by atoms with Crippen LogP contribution >= 0.6 is 23.2 Å². The zero-order chi connectivity index (χ0) is 26.3. The Morgan fingerprint density at radius 2 is 1.86 bits per heavy atom. The Morgan fingerprint density at radius 3 is 2.51 bits per heavy atom. The topological polar surface area (TPSA) is 107 Å². The number of ether oxygens (including phenoxy) is 1. The van der Waals surface area contributed by atoms with Gasteiger partial charge >= 0.3 is 0 Å². The second-order valence-corrected chi connectivity index (χ2v) is 9.24. The predicted molar refractivity (Wildman–Crippen MR) is 136 cm³/mol. The highest BCUT2D eigenvalue weighted by Crippen LogP contribution is 2.42. The monoisotopic (exact) mass is 547 g/mol. The Morgan fingerprint density at radius 1 is 1.16 bits per heavy atom. The van der Waals surface area contributed by atoms with Gasteiger partial charge in [0.2, 0.25) is 5.75 Å². The van der Waals surface area contributed by atoms with Gasteiger partial charge in [0.25, 0.3) is 5.91 Å². The number of nitrogens with two attached hydrogens (primary N) is 1. The molecule has 1 atom stereocenters. The average Bonchev–Trinajstić information content (AvgIpc) is 3.34. The number of aromatic nitrogens is 2. The van der Waals surface area contributed by atoms with E-state index in [2.05, 4.69) is 15.3 Å². The van der Waals surface area contributed by atoms with Crippen LogP contribution in [-0.4, -0.2) is 47.0 Å². The Bertz CT molecular complexity index is 1460. The highest BCUT2D eigenvalue weighted by atomic mass is 35.5. The molecule has 0 aliphatic carbocycles. The third-order valence-corrected chi connectivity index (χ3v) is 6.91. The number of halogens is 4. The smallest absolute Gasteiger partial charge is 0.272 e. The second kappa shape index (κ2) is 10.1. The summed E-state index contributed by atoms with van der Waals surface area (Å²) in [5.74, 6) is -2.00. The molecule has 0 bridgehead atoms. The van der Waals surface area contributed by atoms with Crippen LogP contribution < -0.4 is 15.8 Å². The van der Waals surface area contributed by atoms with Crippen LogP contribution in [0.15, 0.2) is 41.3 Å². The van der Waals surface area contributed by atoms with E-state index in [1.165, 1.54) is 19.4 Å². The standard InChI is InChI=1S/C25H21Cl2F2N5O3/c1-12(19-20(26)16(28)8-17(29)21(19)27)37-23-22-14(10-33-24(23)30)15(11-36-22)13-2-3-18(32-9-13)25(35)34-6-4-31-5-7-34/h2-3,8-12,31H,4-7H2,1H3,(H2,30,33)/t12-/m1/s1. The average molecular weight is 548 g/mol. The van der Waals surface area contributed by atoms with E-state index in [9.17, 15) is 13.6 Å². The molecule has 1 aliphatic rings.